The van der Waals surface area contributed by atoms with Crippen molar-refractivity contribution in [3.05, 3.63) is 69.2 Å². The molecule has 0 fully saturated rings. The average molecular weight is 288 g/mol. The van der Waals surface area contributed by atoms with Crippen LogP contribution in [0.15, 0.2) is 42.5 Å². The van der Waals surface area contributed by atoms with Crippen LogP contribution in [0.5, 0.6) is 0 Å². The fraction of sp³-hybridized carbons (Fsp3) is 0. The van der Waals surface area contributed by atoms with E-state index < -0.39 is 0 Å². The maximum absolute atomic E-state index is 6.05. The van der Waals surface area contributed by atoms with Crippen LogP contribution in [0.1, 0.15) is 16.7 Å². The molecule has 0 spiro atoms. The van der Waals surface area contributed by atoms with Crippen LogP contribution in [-0.2, 0) is 0 Å². The Labute approximate surface area is 122 Å². The minimum Gasteiger partial charge on any atom is -0.396 e. The summed E-state index contributed by atoms with van der Waals surface area (Å²) in [7, 11) is 0. The molecule has 0 aromatic heterocycles. The van der Waals surface area contributed by atoms with E-state index in [0.29, 0.717) is 15.7 Å². The van der Waals surface area contributed by atoms with Gasteiger partial charge < -0.3 is 5.73 Å². The molecule has 0 bridgehead atoms. The Morgan fingerprint density at radius 1 is 0.947 bits per heavy atom. The molecule has 0 atom stereocenters. The third-order valence-electron chi connectivity index (χ3n) is 3.14. The highest BCUT2D eigenvalue weighted by Gasteiger charge is 2.10. The van der Waals surface area contributed by atoms with E-state index in [-0.39, 0.29) is 0 Å². The zero-order chi connectivity index (χ0) is 13.4. The van der Waals surface area contributed by atoms with Crippen molar-refractivity contribution in [3.63, 3.8) is 0 Å². The Bertz CT molecular complexity index is 691. The number of fused-ring (bicyclic) bond motifs is 1. The lowest BCUT2D eigenvalue weighted by atomic mass is 10.0. The fourth-order valence-corrected chi connectivity index (χ4v) is 2.67. The number of hydrogen-bond donors (Lipinski definition) is 1. The van der Waals surface area contributed by atoms with E-state index in [1.54, 1.807) is 0 Å². The summed E-state index contributed by atoms with van der Waals surface area (Å²) in [6.07, 6.45) is 6.24. The molecule has 94 valence electrons. The van der Waals surface area contributed by atoms with Crippen molar-refractivity contribution in [1.82, 2.24) is 0 Å². The molecule has 2 N–H and O–H groups in total. The minimum atomic E-state index is 0.424. The highest BCUT2D eigenvalue weighted by Crippen LogP contribution is 2.33. The van der Waals surface area contributed by atoms with Crippen molar-refractivity contribution in [2.45, 2.75) is 0 Å². The van der Waals surface area contributed by atoms with E-state index >= 15 is 0 Å². The molecule has 0 amide bonds. The van der Waals surface area contributed by atoms with Crippen molar-refractivity contribution in [2.24, 2.45) is 0 Å². The highest BCUT2D eigenvalue weighted by atomic mass is 35.5. The van der Waals surface area contributed by atoms with Gasteiger partial charge in [-0.2, -0.15) is 0 Å². The number of anilines is 1. The number of halogens is 2. The summed E-state index contributed by atoms with van der Waals surface area (Å²) in [5.74, 6) is 0. The van der Waals surface area contributed by atoms with Gasteiger partial charge in [-0.05, 0) is 40.5 Å². The zero-order valence-electron chi connectivity index (χ0n) is 10.0. The molecular formula is C16H11Cl2N. The number of nitrogen functional groups attached to an aromatic ring is 1. The first-order valence-electron chi connectivity index (χ1n) is 5.89. The maximum Gasteiger partial charge on any atom is 0.0693 e. The van der Waals surface area contributed by atoms with Crippen molar-refractivity contribution in [1.29, 1.82) is 0 Å². The second kappa shape index (κ2) is 4.76. The van der Waals surface area contributed by atoms with Gasteiger partial charge >= 0.3 is 0 Å². The molecule has 0 radical (unpaired) electrons. The highest BCUT2D eigenvalue weighted by molar-refractivity contribution is 6.39. The standard InChI is InChI=1S/C16H11Cl2N/c17-14-8-10(9-15(18)16(14)19)7-12-6-5-11-3-1-2-4-13(11)12/h1-9H,19H2/b12-7-. The number of allylic oxidation sites excluding steroid dienone is 2. The Hall–Kier alpha value is -1.70. The number of nitrogens with two attached hydrogens (primary N) is 1. The topological polar surface area (TPSA) is 26.0 Å². The van der Waals surface area contributed by atoms with Gasteiger partial charge in [-0.15, -0.1) is 0 Å². The smallest absolute Gasteiger partial charge is 0.0693 e. The molecule has 0 saturated heterocycles. The predicted octanol–water partition coefficient (Wildman–Crippen LogP) is 5.14. The predicted molar refractivity (Wildman–Crippen MR) is 84.2 cm³/mol. The monoisotopic (exact) mass is 287 g/mol. The number of rotatable bonds is 1. The summed E-state index contributed by atoms with van der Waals surface area (Å²) >= 11 is 12.1. The molecule has 2 aromatic rings. The molecular weight excluding hydrogens is 277 g/mol. The average Bonchev–Trinajstić information content (AvgIpc) is 2.79. The van der Waals surface area contributed by atoms with Gasteiger partial charge in [0.2, 0.25) is 0 Å². The van der Waals surface area contributed by atoms with E-state index in [1.807, 2.05) is 24.3 Å². The van der Waals surface area contributed by atoms with Gasteiger partial charge in [0.25, 0.3) is 0 Å². The van der Waals surface area contributed by atoms with Crippen LogP contribution in [0.4, 0.5) is 5.69 Å². The quantitative estimate of drug-likeness (QED) is 0.722. The van der Waals surface area contributed by atoms with Crippen LogP contribution in [0.2, 0.25) is 10.0 Å². The van der Waals surface area contributed by atoms with Crippen molar-refractivity contribution in [3.8, 4) is 0 Å². The Balaban J connectivity index is 2.07. The summed E-state index contributed by atoms with van der Waals surface area (Å²) in [6.45, 7) is 0. The van der Waals surface area contributed by atoms with E-state index in [1.165, 1.54) is 11.1 Å². The first-order chi connectivity index (χ1) is 9.15. The van der Waals surface area contributed by atoms with Crippen molar-refractivity contribution >= 4 is 46.6 Å². The zero-order valence-corrected chi connectivity index (χ0v) is 11.5. The molecule has 0 unspecified atom stereocenters. The normalized spacial score (nSPS) is 14.9. The molecule has 3 heteroatoms. The lowest BCUT2D eigenvalue weighted by molar-refractivity contribution is 1.61. The van der Waals surface area contributed by atoms with Crippen molar-refractivity contribution < 1.29 is 0 Å². The largest absolute Gasteiger partial charge is 0.396 e. The van der Waals surface area contributed by atoms with Crippen LogP contribution in [0.25, 0.3) is 17.7 Å². The second-order valence-corrected chi connectivity index (χ2v) is 5.23. The van der Waals surface area contributed by atoms with Crippen molar-refractivity contribution in [2.75, 3.05) is 5.73 Å². The summed E-state index contributed by atoms with van der Waals surface area (Å²) < 4.78 is 0. The van der Waals surface area contributed by atoms with Crippen LogP contribution >= 0.6 is 23.2 Å². The SMILES string of the molecule is Nc1c(Cl)cc(/C=C2/C=Cc3ccccc32)cc1Cl. The molecule has 3 rings (SSSR count). The molecule has 0 aliphatic heterocycles. The first kappa shape index (κ1) is 12.3. The van der Waals surface area contributed by atoms with Crippen LogP contribution in [0, 0.1) is 0 Å². The third kappa shape index (κ3) is 2.27. The van der Waals surface area contributed by atoms with E-state index in [0.717, 1.165) is 11.1 Å². The summed E-state index contributed by atoms with van der Waals surface area (Å²) in [5.41, 5.74) is 10.7. The molecule has 19 heavy (non-hydrogen) atoms. The Kier molecular flexibility index (Phi) is 3.09. The Morgan fingerprint density at radius 3 is 2.37 bits per heavy atom. The lowest BCUT2D eigenvalue weighted by Gasteiger charge is -2.05. The van der Waals surface area contributed by atoms with Gasteiger partial charge in [0, 0.05) is 0 Å². The van der Waals surface area contributed by atoms with E-state index in [9.17, 15) is 0 Å². The molecule has 1 nitrogen and oxygen atoms in total. The van der Waals surface area contributed by atoms with E-state index in [2.05, 4.69) is 30.4 Å². The number of benzene rings is 2. The van der Waals surface area contributed by atoms with Gasteiger partial charge in [0.15, 0.2) is 0 Å². The summed E-state index contributed by atoms with van der Waals surface area (Å²) in [4.78, 5) is 0. The van der Waals surface area contributed by atoms with Gasteiger partial charge in [-0.3, -0.25) is 0 Å². The molecule has 2 aromatic carbocycles. The minimum absolute atomic E-state index is 0.424. The first-order valence-corrected chi connectivity index (χ1v) is 6.64. The fourth-order valence-electron chi connectivity index (χ4n) is 2.17. The maximum atomic E-state index is 6.05. The van der Waals surface area contributed by atoms with Gasteiger partial charge in [0.1, 0.15) is 0 Å². The lowest BCUT2D eigenvalue weighted by Crippen LogP contribution is -1.89. The van der Waals surface area contributed by atoms with Crippen LogP contribution in [-0.4, -0.2) is 0 Å². The number of hydrogen-bond acceptors (Lipinski definition) is 1. The van der Waals surface area contributed by atoms with Crippen LogP contribution in [0.3, 0.4) is 0 Å². The molecule has 1 aliphatic carbocycles. The van der Waals surface area contributed by atoms with Gasteiger partial charge in [-0.25, -0.2) is 0 Å². The molecule has 0 saturated carbocycles. The summed E-state index contributed by atoms with van der Waals surface area (Å²) in [5, 5.41) is 0.962. The molecule has 1 aliphatic rings. The molecule has 0 heterocycles. The second-order valence-electron chi connectivity index (χ2n) is 4.42. The third-order valence-corrected chi connectivity index (χ3v) is 3.76. The van der Waals surface area contributed by atoms with Gasteiger partial charge in [-0.1, -0.05) is 59.6 Å². The van der Waals surface area contributed by atoms with E-state index in [4.69, 9.17) is 28.9 Å². The summed E-state index contributed by atoms with van der Waals surface area (Å²) in [6, 6.07) is 11.9. The van der Waals surface area contributed by atoms with Gasteiger partial charge in [0.05, 0.1) is 15.7 Å². The van der Waals surface area contributed by atoms with Crippen LogP contribution < -0.4 is 5.73 Å². The Morgan fingerprint density at radius 2 is 1.63 bits per heavy atom.